The van der Waals surface area contributed by atoms with Gasteiger partial charge in [-0.15, -0.1) is 0 Å². The molecule has 0 saturated carbocycles. The van der Waals surface area contributed by atoms with Gasteiger partial charge in [0, 0.05) is 16.2 Å². The summed E-state index contributed by atoms with van der Waals surface area (Å²) in [7, 11) is 0. The van der Waals surface area contributed by atoms with Gasteiger partial charge in [-0.3, -0.25) is 0 Å². The molecule has 0 unspecified atom stereocenters. The molecule has 7 rings (SSSR count). The first-order valence-corrected chi connectivity index (χ1v) is 12.3. The van der Waals surface area contributed by atoms with E-state index in [1.807, 2.05) is 12.1 Å². The Hall–Kier alpha value is -4.10. The Bertz CT molecular complexity index is 1730. The van der Waals surface area contributed by atoms with Gasteiger partial charge in [0.25, 0.3) is 0 Å². The monoisotopic (exact) mass is 450 g/mol. The molecule has 1 aromatic heterocycles. The van der Waals surface area contributed by atoms with Crippen molar-refractivity contribution in [2.75, 3.05) is 0 Å². The summed E-state index contributed by atoms with van der Waals surface area (Å²) < 4.78 is 6.00. The molecular formula is C34H26O. The summed E-state index contributed by atoms with van der Waals surface area (Å²) in [4.78, 5) is 0. The average Bonchev–Trinajstić information content (AvgIpc) is 3.37. The Morgan fingerprint density at radius 1 is 0.543 bits per heavy atom. The van der Waals surface area contributed by atoms with Crippen LogP contribution in [0.15, 0.2) is 114 Å². The molecule has 0 bridgehead atoms. The highest BCUT2D eigenvalue weighted by molar-refractivity contribution is 6.06. The zero-order chi connectivity index (χ0) is 23.6. The molecule has 0 N–H and O–H groups in total. The van der Waals surface area contributed by atoms with Gasteiger partial charge in [-0.05, 0) is 69.1 Å². The van der Waals surface area contributed by atoms with Crippen LogP contribution in [0, 0.1) is 0 Å². The molecule has 0 saturated heterocycles. The summed E-state index contributed by atoms with van der Waals surface area (Å²) >= 11 is 0. The van der Waals surface area contributed by atoms with Crippen LogP contribution in [0.5, 0.6) is 0 Å². The molecule has 0 amide bonds. The van der Waals surface area contributed by atoms with E-state index in [2.05, 4.69) is 111 Å². The fourth-order valence-electron chi connectivity index (χ4n) is 5.82. The molecule has 0 aliphatic heterocycles. The Balaban J connectivity index is 1.18. The van der Waals surface area contributed by atoms with Crippen LogP contribution in [0.25, 0.3) is 44.2 Å². The van der Waals surface area contributed by atoms with E-state index in [0.29, 0.717) is 0 Å². The normalized spacial score (nSPS) is 13.8. The van der Waals surface area contributed by atoms with Crippen LogP contribution in [-0.4, -0.2) is 0 Å². The van der Waals surface area contributed by atoms with E-state index < -0.39 is 0 Å². The summed E-state index contributed by atoms with van der Waals surface area (Å²) in [6.45, 7) is 4.69. The van der Waals surface area contributed by atoms with Gasteiger partial charge in [0.1, 0.15) is 11.2 Å². The third-order valence-corrected chi connectivity index (χ3v) is 7.72. The predicted octanol–water partition coefficient (Wildman–Crippen LogP) is 9.15. The zero-order valence-corrected chi connectivity index (χ0v) is 20.0. The molecule has 6 aromatic rings. The quantitative estimate of drug-likeness (QED) is 0.262. The molecule has 35 heavy (non-hydrogen) atoms. The lowest BCUT2D eigenvalue weighted by Gasteiger charge is -2.22. The first kappa shape index (κ1) is 20.3. The third kappa shape index (κ3) is 3.15. The van der Waals surface area contributed by atoms with Crippen molar-refractivity contribution >= 4 is 21.9 Å². The molecule has 168 valence electrons. The topological polar surface area (TPSA) is 13.1 Å². The molecular weight excluding hydrogens is 424 g/mol. The van der Waals surface area contributed by atoms with Gasteiger partial charge in [0.05, 0.1) is 0 Å². The summed E-state index contributed by atoms with van der Waals surface area (Å²) in [6.07, 6.45) is 0.936. The van der Waals surface area contributed by atoms with E-state index in [9.17, 15) is 0 Å². The van der Waals surface area contributed by atoms with Crippen molar-refractivity contribution in [1.29, 1.82) is 0 Å². The molecule has 1 heterocycles. The van der Waals surface area contributed by atoms with Crippen molar-refractivity contribution in [2.24, 2.45) is 0 Å². The summed E-state index contributed by atoms with van der Waals surface area (Å²) in [6, 6.07) is 39.6. The maximum atomic E-state index is 6.00. The fraction of sp³-hybridized carbons (Fsp3) is 0.118. The Kier molecular flexibility index (Phi) is 4.32. The lowest BCUT2D eigenvalue weighted by molar-refractivity contribution is 0.659. The number of fused-ring (bicyclic) bond motifs is 6. The second-order valence-corrected chi connectivity index (χ2v) is 10.2. The highest BCUT2D eigenvalue weighted by Gasteiger charge is 2.35. The van der Waals surface area contributed by atoms with Crippen LogP contribution < -0.4 is 0 Å². The maximum Gasteiger partial charge on any atom is 0.135 e. The van der Waals surface area contributed by atoms with Crippen molar-refractivity contribution in [2.45, 2.75) is 25.7 Å². The number of hydrogen-bond acceptors (Lipinski definition) is 1. The first-order chi connectivity index (χ1) is 17.1. The number of rotatable bonds is 3. The molecule has 1 nitrogen and oxygen atoms in total. The number of para-hydroxylation sites is 1. The van der Waals surface area contributed by atoms with Gasteiger partial charge in [0.15, 0.2) is 0 Å². The largest absolute Gasteiger partial charge is 0.456 e. The van der Waals surface area contributed by atoms with Crippen molar-refractivity contribution in [3.63, 3.8) is 0 Å². The molecule has 1 aliphatic rings. The van der Waals surface area contributed by atoms with Gasteiger partial charge in [0.2, 0.25) is 0 Å². The molecule has 5 aromatic carbocycles. The SMILES string of the molecule is CC1(C)c2ccccc2-c2ccc(Cc3ccc(-c4ccc5oc6ccccc6c5c4)cc3)cc21. The number of furan rings is 1. The summed E-state index contributed by atoms with van der Waals surface area (Å²) in [5, 5.41) is 2.34. The number of hydrogen-bond donors (Lipinski definition) is 0. The minimum Gasteiger partial charge on any atom is -0.456 e. The lowest BCUT2D eigenvalue weighted by atomic mass is 9.81. The average molecular weight is 451 g/mol. The molecule has 0 atom stereocenters. The summed E-state index contributed by atoms with van der Waals surface area (Å²) in [5.74, 6) is 0. The highest BCUT2D eigenvalue weighted by atomic mass is 16.3. The lowest BCUT2D eigenvalue weighted by Crippen LogP contribution is -2.15. The van der Waals surface area contributed by atoms with Crippen molar-refractivity contribution in [1.82, 2.24) is 0 Å². The van der Waals surface area contributed by atoms with Gasteiger partial charge in [-0.25, -0.2) is 0 Å². The van der Waals surface area contributed by atoms with Crippen LogP contribution in [0.2, 0.25) is 0 Å². The smallest absolute Gasteiger partial charge is 0.135 e. The van der Waals surface area contributed by atoms with E-state index in [1.54, 1.807) is 0 Å². The minimum atomic E-state index is 0.0433. The minimum absolute atomic E-state index is 0.0433. The van der Waals surface area contributed by atoms with Gasteiger partial charge in [-0.1, -0.05) is 105 Å². The van der Waals surface area contributed by atoms with E-state index >= 15 is 0 Å². The van der Waals surface area contributed by atoms with Gasteiger partial charge in [-0.2, -0.15) is 0 Å². The number of benzene rings is 5. The van der Waals surface area contributed by atoms with Crippen LogP contribution in [0.1, 0.15) is 36.1 Å². The Labute approximate surface area is 205 Å². The van der Waals surface area contributed by atoms with Crippen LogP contribution in [0.3, 0.4) is 0 Å². The van der Waals surface area contributed by atoms with Crippen molar-refractivity contribution in [3.8, 4) is 22.3 Å². The maximum absolute atomic E-state index is 6.00. The van der Waals surface area contributed by atoms with E-state index in [-0.39, 0.29) is 5.41 Å². The standard InChI is InChI=1S/C34H26O/c1-34(2)30-9-5-3-7-26(30)27-17-13-23(20-31(27)34)19-22-11-14-24(15-12-22)25-16-18-33-29(21-25)28-8-4-6-10-32(28)35-33/h3-18,20-21H,19H2,1-2H3. The zero-order valence-electron chi connectivity index (χ0n) is 20.0. The Morgan fingerprint density at radius 3 is 2.11 bits per heavy atom. The predicted molar refractivity (Wildman–Crippen MR) is 146 cm³/mol. The first-order valence-electron chi connectivity index (χ1n) is 12.3. The molecule has 0 fully saturated rings. The van der Waals surface area contributed by atoms with E-state index in [4.69, 9.17) is 4.42 Å². The van der Waals surface area contributed by atoms with Crippen molar-refractivity contribution in [3.05, 3.63) is 131 Å². The summed E-state index contributed by atoms with van der Waals surface area (Å²) in [5.41, 5.74) is 12.7. The highest BCUT2D eigenvalue weighted by Crippen LogP contribution is 2.48. The molecule has 1 aliphatic carbocycles. The molecule has 1 heteroatoms. The van der Waals surface area contributed by atoms with Crippen LogP contribution in [0.4, 0.5) is 0 Å². The van der Waals surface area contributed by atoms with Crippen molar-refractivity contribution < 1.29 is 4.42 Å². The van der Waals surface area contributed by atoms with Crippen LogP contribution >= 0.6 is 0 Å². The third-order valence-electron chi connectivity index (χ3n) is 7.72. The van der Waals surface area contributed by atoms with Gasteiger partial charge < -0.3 is 4.42 Å². The second kappa shape index (κ2) is 7.45. The molecule has 0 spiro atoms. The van der Waals surface area contributed by atoms with E-state index in [1.165, 1.54) is 55.3 Å². The second-order valence-electron chi connectivity index (χ2n) is 10.2. The molecule has 0 radical (unpaired) electrons. The van der Waals surface area contributed by atoms with E-state index in [0.717, 1.165) is 17.6 Å². The Morgan fingerprint density at radius 2 is 1.23 bits per heavy atom. The van der Waals surface area contributed by atoms with Crippen LogP contribution in [-0.2, 0) is 11.8 Å². The van der Waals surface area contributed by atoms with Gasteiger partial charge >= 0.3 is 0 Å². The fourth-order valence-corrected chi connectivity index (χ4v) is 5.82.